The third-order valence-corrected chi connectivity index (χ3v) is 22.7. The van der Waals surface area contributed by atoms with Crippen LogP contribution in [0.3, 0.4) is 0 Å². The Bertz CT molecular complexity index is 2880. The third-order valence-electron chi connectivity index (χ3n) is 22.7. The fourth-order valence-electron chi connectivity index (χ4n) is 16.0. The van der Waals surface area contributed by atoms with Crippen molar-refractivity contribution in [3.05, 3.63) is 0 Å². The van der Waals surface area contributed by atoms with Crippen LogP contribution in [0.15, 0.2) is 0 Å². The van der Waals surface area contributed by atoms with Crippen molar-refractivity contribution in [2.75, 3.05) is 307 Å². The van der Waals surface area contributed by atoms with Crippen LogP contribution in [-0.4, -0.2) is 583 Å². The summed E-state index contributed by atoms with van der Waals surface area (Å²) in [6, 6.07) is 0. The summed E-state index contributed by atoms with van der Waals surface area (Å²) in [5, 5.41) is 139. The Balaban J connectivity index is 1.22. The maximum Gasteiger partial charge on any atom is 0.187 e. The maximum absolute atomic E-state index is 13.2. The minimum absolute atomic E-state index is 0.0113. The van der Waals surface area contributed by atoms with Crippen molar-refractivity contribution in [1.82, 2.24) is 0 Å². The van der Waals surface area contributed by atoms with E-state index in [0.29, 0.717) is 26.4 Å². The van der Waals surface area contributed by atoms with Crippen LogP contribution in [0.25, 0.3) is 0 Å². The summed E-state index contributed by atoms with van der Waals surface area (Å²) >= 11 is 0. The minimum Gasteiger partial charge on any atom is -0.394 e. The van der Waals surface area contributed by atoms with Crippen LogP contribution < -0.4 is 0 Å². The second-order valence-electron chi connectivity index (χ2n) is 31.7. The molecule has 7 aliphatic heterocycles. The van der Waals surface area contributed by atoms with Crippen LogP contribution in [-0.2, 0) is 180 Å². The van der Waals surface area contributed by atoms with Gasteiger partial charge in [0.25, 0.3) is 0 Å². The van der Waals surface area contributed by atoms with Gasteiger partial charge in [0, 0.05) is 75.7 Å². The summed E-state index contributed by atoms with van der Waals surface area (Å²) in [6.07, 6.45) is -54.0. The molecule has 0 radical (unpaired) electrons. The molecule has 0 aromatic rings. The van der Waals surface area contributed by atoms with Gasteiger partial charge in [-0.25, -0.2) is 0 Å². The molecule has 7 rings (SSSR count). The van der Waals surface area contributed by atoms with Gasteiger partial charge < -0.3 is 241 Å². The number of aliphatic hydroxyl groups excluding tert-OH is 12. The molecule has 0 aromatic heterocycles. The van der Waals surface area contributed by atoms with Gasteiger partial charge in [-0.1, -0.05) is 0 Å². The zero-order valence-electron chi connectivity index (χ0n) is 80.4. The second kappa shape index (κ2) is 70.7. The van der Waals surface area contributed by atoms with E-state index in [1.54, 1.807) is 20.8 Å². The van der Waals surface area contributed by atoms with Gasteiger partial charge in [0.05, 0.1) is 231 Å². The first-order valence-corrected chi connectivity index (χ1v) is 46.9. The molecule has 7 fully saturated rings. The van der Waals surface area contributed by atoms with Crippen LogP contribution in [0.4, 0.5) is 0 Å². The normalized spacial score (nSPS) is 35.8. The Morgan fingerprint density at radius 3 is 0.801 bits per heavy atom. The predicted octanol–water partition coefficient (Wildman–Crippen LogP) is -6.90. The number of hydrogen-bond acceptors (Lipinski definition) is 50. The van der Waals surface area contributed by atoms with E-state index in [4.69, 9.17) is 180 Å². The lowest BCUT2D eigenvalue weighted by molar-refractivity contribution is -0.404. The average molecular weight is 1990 g/mol. The van der Waals surface area contributed by atoms with E-state index in [1.165, 1.54) is 42.7 Å². The fraction of sp³-hybridized carbons (Fsp3) is 1.00. The summed E-state index contributed by atoms with van der Waals surface area (Å²) in [5.41, 5.74) is 0. The summed E-state index contributed by atoms with van der Waals surface area (Å²) in [7, 11) is 8.30. The molecule has 7 saturated heterocycles. The lowest BCUT2D eigenvalue weighted by Gasteiger charge is -2.52. The number of rotatable bonds is 77. The molecule has 0 bridgehead atoms. The van der Waals surface area contributed by atoms with Crippen molar-refractivity contribution >= 4 is 0 Å². The summed E-state index contributed by atoms with van der Waals surface area (Å²) in [6.45, 7) is 6.97. The largest absolute Gasteiger partial charge is 0.394 e. The summed E-state index contributed by atoms with van der Waals surface area (Å²) in [5.74, 6) is 0. The van der Waals surface area contributed by atoms with E-state index < -0.39 is 248 Å². The van der Waals surface area contributed by atoms with Crippen LogP contribution in [0.5, 0.6) is 0 Å². The first-order chi connectivity index (χ1) is 66.3. The molecule has 50 heteroatoms. The van der Waals surface area contributed by atoms with E-state index in [9.17, 15) is 61.3 Å². The van der Waals surface area contributed by atoms with Gasteiger partial charge in [0.1, 0.15) is 171 Å². The fourth-order valence-corrected chi connectivity index (χ4v) is 16.0. The first kappa shape index (κ1) is 121. The van der Waals surface area contributed by atoms with E-state index in [1.807, 2.05) is 13.8 Å². The van der Waals surface area contributed by atoms with Gasteiger partial charge >= 0.3 is 0 Å². The highest BCUT2D eigenvalue weighted by atomic mass is 16.8. The molecule has 17 unspecified atom stereocenters. The molecule has 0 aromatic carbocycles. The SMILES string of the molecule is CCOCCOCCO[C@@H]1C(O)[C@@H](O[C@H]2OC(CO)[C@H](O[C@H]3OC(COCCOCCO)[C@H](OC)C(O)[C@H]3OCCOCC)C(O)C2O)C(COCCOCCOC)O[C@@H]1O[C@H]1C(COCCOCC)O[C@H](O[C@H]2C(COCC)O[C@H](O[C@H]3C(CO)O[C@H](O[C@H]4C(COCCOCCO)O[C@H](OC)[C@H](OCCOCC)C4O)C(OC)C3O)[C@H](OCCOCCOC)C2O)C(OCCO)C1OC. The molecular weight excluding hydrogens is 1830 g/mol. The third kappa shape index (κ3) is 38.4. The van der Waals surface area contributed by atoms with E-state index in [0.717, 1.165) is 0 Å². The van der Waals surface area contributed by atoms with Gasteiger partial charge in [0.15, 0.2) is 44.0 Å². The molecule has 0 spiro atoms. The quantitative estimate of drug-likeness (QED) is 0.0252. The summed E-state index contributed by atoms with van der Waals surface area (Å²) < 4.78 is 233. The van der Waals surface area contributed by atoms with Crippen LogP contribution in [0, 0.1) is 0 Å². The van der Waals surface area contributed by atoms with Gasteiger partial charge in [-0.15, -0.1) is 0 Å². The molecule has 0 aliphatic carbocycles. The Kier molecular flexibility index (Phi) is 62.9. The standard InChI is InChI=1S/C86H160O50/c1-12-105-27-29-114-40-44-123-77-64(97)69(131-80-60(93)59(92)67(52(45-90)124-80)132-83-75(121-42-38-108-15-4)61(94)66(101-8)54(127-83)48-116-34-30-110-20-17-87)57(50-118-36-32-112-25-23-99-6)129-85(77)136-72-58(51-115-33-28-106-13-2)130-86(79(78(72)103-10)119-22-19-89)135-70-55(47-109-16-5)128-84(76(65(70)98)122-43-39-113-26-24-100-7)133-68-53(46-91)125-82(73(102-9)62(68)95)134-71-56(49-117-35-31-111-21-18-88)126-81(104-11)74(63(71)96)120-41-37-107-14-3/h52-98H,12-51H2,1-11H3/t52?,53?,54?,55?,56?,57?,58?,59?,60?,61?,62?,63?,64?,65?,66-,67-,68-,69-,70-,71-,72-,73?,74+,75+,76+,77+,78?,79?,80+,81-,82+,83+,84+,85+,86+/m0/s1. The lowest BCUT2D eigenvalue weighted by Crippen LogP contribution is -2.69. The molecule has 12 N–H and O–H groups in total. The molecular formula is C86H160O50. The van der Waals surface area contributed by atoms with E-state index in [-0.39, 0.29) is 205 Å². The lowest BCUT2D eigenvalue weighted by atomic mass is 9.94. The highest BCUT2D eigenvalue weighted by Crippen LogP contribution is 2.41. The van der Waals surface area contributed by atoms with Crippen LogP contribution >= 0.6 is 0 Å². The molecule has 804 valence electrons. The zero-order valence-corrected chi connectivity index (χ0v) is 80.4. The Labute approximate surface area is 795 Å². The molecule has 35 atom stereocenters. The summed E-state index contributed by atoms with van der Waals surface area (Å²) in [4.78, 5) is 0. The Morgan fingerprint density at radius 1 is 0.184 bits per heavy atom. The van der Waals surface area contributed by atoms with Crippen molar-refractivity contribution in [1.29, 1.82) is 0 Å². The minimum atomic E-state index is -2.08. The van der Waals surface area contributed by atoms with Crippen molar-refractivity contribution in [2.45, 2.75) is 250 Å². The van der Waals surface area contributed by atoms with Crippen molar-refractivity contribution < 1.29 is 241 Å². The van der Waals surface area contributed by atoms with Gasteiger partial charge in [-0.3, -0.25) is 0 Å². The molecule has 0 amide bonds. The first-order valence-electron chi connectivity index (χ1n) is 46.9. The average Bonchev–Trinajstić information content (AvgIpc) is 0.759. The Morgan fingerprint density at radius 2 is 0.434 bits per heavy atom. The van der Waals surface area contributed by atoms with Crippen LogP contribution in [0.1, 0.15) is 34.6 Å². The molecule has 7 heterocycles. The van der Waals surface area contributed by atoms with Crippen molar-refractivity contribution in [2.24, 2.45) is 0 Å². The maximum atomic E-state index is 13.2. The molecule has 7 aliphatic rings. The monoisotopic (exact) mass is 1990 g/mol. The van der Waals surface area contributed by atoms with Gasteiger partial charge in [-0.2, -0.15) is 0 Å². The number of ether oxygens (including phenoxy) is 38. The zero-order chi connectivity index (χ0) is 98.4. The van der Waals surface area contributed by atoms with Gasteiger partial charge in [0.2, 0.25) is 0 Å². The number of methoxy groups -OCH3 is 6. The Hall–Kier alpha value is -2.00. The molecule has 0 saturated carbocycles. The van der Waals surface area contributed by atoms with E-state index in [2.05, 4.69) is 0 Å². The van der Waals surface area contributed by atoms with E-state index >= 15 is 0 Å². The van der Waals surface area contributed by atoms with Gasteiger partial charge in [-0.05, 0) is 34.6 Å². The van der Waals surface area contributed by atoms with Crippen molar-refractivity contribution in [3.63, 3.8) is 0 Å². The molecule has 136 heavy (non-hydrogen) atoms. The second-order valence-corrected chi connectivity index (χ2v) is 31.7. The number of aliphatic hydroxyl groups is 12. The smallest absolute Gasteiger partial charge is 0.187 e. The number of hydrogen-bond donors (Lipinski definition) is 12. The predicted molar refractivity (Wildman–Crippen MR) is 459 cm³/mol. The molecule has 50 nitrogen and oxygen atoms in total. The topological polar surface area (TPSA) is 594 Å². The van der Waals surface area contributed by atoms with Crippen LogP contribution in [0.2, 0.25) is 0 Å². The highest BCUT2D eigenvalue weighted by Gasteiger charge is 2.61. The highest BCUT2D eigenvalue weighted by molar-refractivity contribution is 5.03. The van der Waals surface area contributed by atoms with Crippen molar-refractivity contribution in [3.8, 4) is 0 Å².